The van der Waals surface area contributed by atoms with Gasteiger partial charge in [-0.2, -0.15) is 15.0 Å². The third-order valence-electron chi connectivity index (χ3n) is 3.30. The quantitative estimate of drug-likeness (QED) is 0.446. The van der Waals surface area contributed by atoms with Crippen molar-refractivity contribution < 1.29 is 14.5 Å². The molecule has 0 aliphatic heterocycles. The first-order chi connectivity index (χ1) is 11.7. The van der Waals surface area contributed by atoms with E-state index in [1.165, 1.54) is 25.1 Å². The van der Waals surface area contributed by atoms with Crippen molar-refractivity contribution in [2.75, 3.05) is 19.0 Å². The molecule has 9 nitrogen and oxygen atoms in total. The van der Waals surface area contributed by atoms with Crippen LogP contribution in [-0.2, 0) is 0 Å². The molecule has 1 heterocycles. The van der Waals surface area contributed by atoms with E-state index in [9.17, 15) is 14.9 Å². The van der Waals surface area contributed by atoms with E-state index in [0.29, 0.717) is 11.8 Å². The summed E-state index contributed by atoms with van der Waals surface area (Å²) in [7, 11) is 3.54. The molecule has 1 aromatic carbocycles. The van der Waals surface area contributed by atoms with Gasteiger partial charge in [0.25, 0.3) is 0 Å². The number of hydrogen-bond acceptors (Lipinski definition) is 8. The maximum Gasteiger partial charge on any atom is 0.327 e. The van der Waals surface area contributed by atoms with E-state index in [-0.39, 0.29) is 34.7 Å². The Morgan fingerprint density at radius 3 is 2.44 bits per heavy atom. The molecule has 0 spiro atoms. The topological polar surface area (TPSA) is 111 Å². The molecule has 2 aromatic rings. The first kappa shape index (κ1) is 18.2. The highest BCUT2D eigenvalue weighted by atomic mass is 16.6. The molecular weight excluding hydrogens is 326 g/mol. The van der Waals surface area contributed by atoms with Crippen molar-refractivity contribution in [1.29, 1.82) is 0 Å². The van der Waals surface area contributed by atoms with Gasteiger partial charge in [-0.05, 0) is 19.1 Å². The van der Waals surface area contributed by atoms with Crippen LogP contribution >= 0.6 is 0 Å². The van der Waals surface area contributed by atoms with E-state index in [1.54, 1.807) is 19.0 Å². The van der Waals surface area contributed by atoms with Crippen molar-refractivity contribution in [3.63, 3.8) is 0 Å². The Bertz CT molecular complexity index is 794. The molecule has 0 saturated carbocycles. The summed E-state index contributed by atoms with van der Waals surface area (Å²) in [5, 5.41) is 11.3. The number of ketones is 1. The minimum atomic E-state index is -0.612. The van der Waals surface area contributed by atoms with Crippen molar-refractivity contribution >= 4 is 17.4 Å². The summed E-state index contributed by atoms with van der Waals surface area (Å²) < 4.78 is 5.55. The molecule has 0 atom stereocenters. The van der Waals surface area contributed by atoms with Crippen LogP contribution in [0.4, 0.5) is 11.6 Å². The standard InChI is InChI=1S/C16H19N5O4/c1-9(2)14-17-15(20(4)5)19-16(18-14)25-13-7-6-11(10(3)22)8-12(13)21(23)24/h6-9H,1-5H3. The Balaban J connectivity index is 2.48. The van der Waals surface area contributed by atoms with Crippen molar-refractivity contribution in [3.05, 3.63) is 39.7 Å². The number of benzene rings is 1. The fourth-order valence-electron chi connectivity index (χ4n) is 1.93. The molecular formula is C16H19N5O4. The highest BCUT2D eigenvalue weighted by molar-refractivity contribution is 5.95. The van der Waals surface area contributed by atoms with E-state index in [4.69, 9.17) is 4.74 Å². The van der Waals surface area contributed by atoms with Gasteiger partial charge in [-0.25, -0.2) is 0 Å². The molecule has 132 valence electrons. The van der Waals surface area contributed by atoms with Gasteiger partial charge in [0.05, 0.1) is 4.92 Å². The van der Waals surface area contributed by atoms with Crippen LogP contribution in [0.25, 0.3) is 0 Å². The van der Waals surface area contributed by atoms with Crippen LogP contribution in [0.15, 0.2) is 18.2 Å². The molecule has 0 fully saturated rings. The van der Waals surface area contributed by atoms with Gasteiger partial charge in [-0.15, -0.1) is 0 Å². The maximum atomic E-state index is 11.4. The first-order valence-electron chi connectivity index (χ1n) is 7.59. The molecule has 0 aliphatic rings. The summed E-state index contributed by atoms with van der Waals surface area (Å²) in [6, 6.07) is 3.96. The van der Waals surface area contributed by atoms with Gasteiger partial charge in [0.1, 0.15) is 5.82 Å². The van der Waals surface area contributed by atoms with E-state index in [1.807, 2.05) is 13.8 Å². The number of nitrogens with zero attached hydrogens (tertiary/aromatic N) is 5. The van der Waals surface area contributed by atoms with Crippen molar-refractivity contribution in [2.45, 2.75) is 26.7 Å². The van der Waals surface area contributed by atoms with Gasteiger partial charge in [-0.3, -0.25) is 14.9 Å². The molecule has 2 rings (SSSR count). The zero-order chi connectivity index (χ0) is 18.7. The Morgan fingerprint density at radius 2 is 1.92 bits per heavy atom. The van der Waals surface area contributed by atoms with Crippen LogP contribution in [0.5, 0.6) is 11.8 Å². The lowest BCUT2D eigenvalue weighted by atomic mass is 10.1. The number of nitro benzene ring substituents is 1. The van der Waals surface area contributed by atoms with Gasteiger partial charge in [-0.1, -0.05) is 13.8 Å². The Morgan fingerprint density at radius 1 is 1.24 bits per heavy atom. The Kier molecular flexibility index (Phi) is 5.26. The number of anilines is 1. The average molecular weight is 345 g/mol. The van der Waals surface area contributed by atoms with Gasteiger partial charge in [0, 0.05) is 31.6 Å². The Hall–Kier alpha value is -3.10. The number of rotatable bonds is 6. The van der Waals surface area contributed by atoms with Gasteiger partial charge in [0.2, 0.25) is 11.7 Å². The minimum absolute atomic E-state index is 0.0270. The van der Waals surface area contributed by atoms with Crippen LogP contribution in [0.1, 0.15) is 42.9 Å². The van der Waals surface area contributed by atoms with E-state index in [0.717, 1.165) is 0 Å². The summed E-state index contributed by atoms with van der Waals surface area (Å²) in [5.74, 6) is 0.611. The molecule has 25 heavy (non-hydrogen) atoms. The highest BCUT2D eigenvalue weighted by Crippen LogP contribution is 2.31. The number of Topliss-reactive ketones (excluding diaryl/α,β-unsaturated/α-hetero) is 1. The van der Waals surface area contributed by atoms with Crippen molar-refractivity contribution in [2.24, 2.45) is 0 Å². The third-order valence-corrected chi connectivity index (χ3v) is 3.30. The predicted molar refractivity (Wildman–Crippen MR) is 91.4 cm³/mol. The minimum Gasteiger partial charge on any atom is -0.417 e. The molecule has 0 N–H and O–H groups in total. The van der Waals surface area contributed by atoms with E-state index < -0.39 is 4.92 Å². The zero-order valence-electron chi connectivity index (χ0n) is 14.7. The molecule has 0 aliphatic carbocycles. The molecule has 0 amide bonds. The fraction of sp³-hybridized carbons (Fsp3) is 0.375. The maximum absolute atomic E-state index is 11.4. The number of nitro groups is 1. The lowest BCUT2D eigenvalue weighted by Gasteiger charge is -2.14. The lowest BCUT2D eigenvalue weighted by Crippen LogP contribution is -2.15. The van der Waals surface area contributed by atoms with Crippen LogP contribution in [0, 0.1) is 10.1 Å². The number of hydrogen-bond donors (Lipinski definition) is 0. The molecule has 1 aromatic heterocycles. The number of ether oxygens (including phenoxy) is 1. The monoisotopic (exact) mass is 345 g/mol. The molecule has 0 unspecified atom stereocenters. The average Bonchev–Trinajstić information content (AvgIpc) is 2.54. The fourth-order valence-corrected chi connectivity index (χ4v) is 1.93. The summed E-state index contributed by atoms with van der Waals surface area (Å²) in [4.78, 5) is 36.5. The molecule has 0 bridgehead atoms. The predicted octanol–water partition coefficient (Wildman–Crippen LogP) is 2.96. The van der Waals surface area contributed by atoms with Crippen LogP contribution < -0.4 is 9.64 Å². The number of aromatic nitrogens is 3. The second-order valence-corrected chi connectivity index (χ2v) is 5.92. The van der Waals surface area contributed by atoms with E-state index in [2.05, 4.69) is 15.0 Å². The van der Waals surface area contributed by atoms with Gasteiger partial charge >= 0.3 is 11.7 Å². The molecule has 0 radical (unpaired) electrons. The van der Waals surface area contributed by atoms with Gasteiger partial charge < -0.3 is 9.64 Å². The van der Waals surface area contributed by atoms with Crippen molar-refractivity contribution in [1.82, 2.24) is 15.0 Å². The first-order valence-corrected chi connectivity index (χ1v) is 7.59. The third kappa shape index (κ3) is 4.25. The van der Waals surface area contributed by atoms with Gasteiger partial charge in [0.15, 0.2) is 5.78 Å². The zero-order valence-corrected chi connectivity index (χ0v) is 14.7. The summed E-state index contributed by atoms with van der Waals surface area (Å²) in [5.41, 5.74) is -0.0999. The summed E-state index contributed by atoms with van der Waals surface area (Å²) in [6.45, 7) is 5.18. The SMILES string of the molecule is CC(=O)c1ccc(Oc2nc(C(C)C)nc(N(C)C)n2)c([N+](=O)[O-])c1. The molecule has 9 heteroatoms. The second kappa shape index (κ2) is 7.20. The van der Waals surface area contributed by atoms with Crippen LogP contribution in [-0.4, -0.2) is 39.8 Å². The highest BCUT2D eigenvalue weighted by Gasteiger charge is 2.20. The van der Waals surface area contributed by atoms with E-state index >= 15 is 0 Å². The lowest BCUT2D eigenvalue weighted by molar-refractivity contribution is -0.385. The second-order valence-electron chi connectivity index (χ2n) is 5.92. The summed E-state index contributed by atoms with van der Waals surface area (Å²) >= 11 is 0. The largest absolute Gasteiger partial charge is 0.417 e. The Labute approximate surface area is 144 Å². The number of carbonyl (C=O) groups is 1. The number of carbonyl (C=O) groups excluding carboxylic acids is 1. The van der Waals surface area contributed by atoms with Crippen molar-refractivity contribution in [3.8, 4) is 11.8 Å². The van der Waals surface area contributed by atoms with Crippen LogP contribution in [0.3, 0.4) is 0 Å². The van der Waals surface area contributed by atoms with Crippen LogP contribution in [0.2, 0.25) is 0 Å². The molecule has 0 saturated heterocycles. The smallest absolute Gasteiger partial charge is 0.327 e. The summed E-state index contributed by atoms with van der Waals surface area (Å²) in [6.07, 6.45) is 0. The normalized spacial score (nSPS) is 10.6.